The molecular formula is C13H14ClN3O2. The summed E-state index contributed by atoms with van der Waals surface area (Å²) in [6.07, 6.45) is 1.85. The molecule has 0 radical (unpaired) electrons. The number of aromatic nitrogens is 1. The molecule has 0 atom stereocenters. The quantitative estimate of drug-likeness (QED) is 0.874. The molecule has 0 spiro atoms. The lowest BCUT2D eigenvalue weighted by Gasteiger charge is -2.03. The van der Waals surface area contributed by atoms with E-state index in [2.05, 4.69) is 10.3 Å². The molecule has 100 valence electrons. The fraction of sp³-hybridized carbons (Fsp3) is 0.231. The van der Waals surface area contributed by atoms with E-state index in [9.17, 15) is 4.79 Å². The van der Waals surface area contributed by atoms with E-state index < -0.39 is 0 Å². The molecule has 6 heteroatoms. The molecule has 0 aliphatic carbocycles. The first-order chi connectivity index (χ1) is 9.19. The van der Waals surface area contributed by atoms with Gasteiger partial charge in [-0.2, -0.15) is 0 Å². The molecular weight excluding hydrogens is 266 g/mol. The number of carbonyl (C=O) groups excluding carboxylic acids is 1. The summed E-state index contributed by atoms with van der Waals surface area (Å²) < 4.78 is 5.12. The molecule has 0 fully saturated rings. The zero-order valence-corrected chi connectivity index (χ0v) is 11.0. The predicted molar refractivity (Wildman–Crippen MR) is 71.9 cm³/mol. The van der Waals surface area contributed by atoms with Crippen LogP contribution in [0.1, 0.15) is 21.9 Å². The highest BCUT2D eigenvalue weighted by Gasteiger charge is 2.11. The smallest absolute Gasteiger partial charge is 0.273 e. The standard InChI is InChI=1S/C13H14ClN3O2/c14-10-3-1-2-9(6-10)7-16-13(18)11-8-19-12(17-11)4-5-15/h1-3,6,8H,4-5,7,15H2,(H,16,18). The van der Waals surface area contributed by atoms with E-state index in [1.165, 1.54) is 6.26 Å². The van der Waals surface area contributed by atoms with Gasteiger partial charge in [-0.05, 0) is 17.7 Å². The molecule has 2 aromatic rings. The van der Waals surface area contributed by atoms with Crippen LogP contribution in [0.25, 0.3) is 0 Å². The third-order valence-electron chi connectivity index (χ3n) is 2.48. The number of nitrogens with one attached hydrogen (secondary N) is 1. The molecule has 1 amide bonds. The third-order valence-corrected chi connectivity index (χ3v) is 2.72. The Balaban J connectivity index is 1.93. The van der Waals surface area contributed by atoms with Crippen molar-refractivity contribution < 1.29 is 9.21 Å². The first kappa shape index (κ1) is 13.6. The lowest BCUT2D eigenvalue weighted by atomic mass is 10.2. The Labute approximate surface area is 115 Å². The molecule has 0 aliphatic heterocycles. The number of oxazole rings is 1. The molecule has 0 unspecified atom stereocenters. The van der Waals surface area contributed by atoms with Crippen LogP contribution < -0.4 is 11.1 Å². The number of benzene rings is 1. The van der Waals surface area contributed by atoms with Gasteiger partial charge in [-0.3, -0.25) is 4.79 Å². The van der Waals surface area contributed by atoms with Crippen LogP contribution in [0.5, 0.6) is 0 Å². The van der Waals surface area contributed by atoms with Gasteiger partial charge in [-0.1, -0.05) is 23.7 Å². The van der Waals surface area contributed by atoms with Crippen molar-refractivity contribution in [2.75, 3.05) is 6.54 Å². The van der Waals surface area contributed by atoms with E-state index in [0.29, 0.717) is 30.4 Å². The lowest BCUT2D eigenvalue weighted by molar-refractivity contribution is 0.0946. The summed E-state index contributed by atoms with van der Waals surface area (Å²) in [7, 11) is 0. The minimum Gasteiger partial charge on any atom is -0.448 e. The highest BCUT2D eigenvalue weighted by atomic mass is 35.5. The molecule has 5 nitrogen and oxygen atoms in total. The number of hydrogen-bond donors (Lipinski definition) is 2. The maximum absolute atomic E-state index is 11.8. The second-order valence-corrected chi connectivity index (χ2v) is 4.41. The monoisotopic (exact) mass is 279 g/mol. The summed E-state index contributed by atoms with van der Waals surface area (Å²) in [5.74, 6) is 0.183. The van der Waals surface area contributed by atoms with Crippen LogP contribution >= 0.6 is 11.6 Å². The molecule has 0 saturated heterocycles. The Bertz CT molecular complexity index is 569. The number of rotatable bonds is 5. The molecule has 1 aromatic carbocycles. The minimum absolute atomic E-state index is 0.255. The number of halogens is 1. The fourth-order valence-electron chi connectivity index (χ4n) is 1.57. The molecule has 1 heterocycles. The van der Waals surface area contributed by atoms with Gasteiger partial charge in [0.25, 0.3) is 5.91 Å². The van der Waals surface area contributed by atoms with Gasteiger partial charge in [0.05, 0.1) is 0 Å². The van der Waals surface area contributed by atoms with E-state index in [1.54, 1.807) is 12.1 Å². The average molecular weight is 280 g/mol. The summed E-state index contributed by atoms with van der Waals surface area (Å²) in [6.45, 7) is 0.822. The molecule has 0 aliphatic rings. The van der Waals surface area contributed by atoms with E-state index in [4.69, 9.17) is 21.8 Å². The Kier molecular flexibility index (Phi) is 4.54. The van der Waals surface area contributed by atoms with Gasteiger partial charge in [0, 0.05) is 24.5 Å². The number of hydrogen-bond acceptors (Lipinski definition) is 4. The molecule has 19 heavy (non-hydrogen) atoms. The molecule has 3 N–H and O–H groups in total. The summed E-state index contributed by atoms with van der Waals surface area (Å²) in [4.78, 5) is 15.9. The maximum Gasteiger partial charge on any atom is 0.273 e. The highest BCUT2D eigenvalue weighted by molar-refractivity contribution is 6.30. The van der Waals surface area contributed by atoms with Gasteiger partial charge < -0.3 is 15.5 Å². The van der Waals surface area contributed by atoms with Crippen molar-refractivity contribution in [1.29, 1.82) is 0 Å². The number of nitrogens with two attached hydrogens (primary N) is 1. The number of amides is 1. The molecule has 2 rings (SSSR count). The fourth-order valence-corrected chi connectivity index (χ4v) is 1.79. The second-order valence-electron chi connectivity index (χ2n) is 3.98. The largest absolute Gasteiger partial charge is 0.448 e. The summed E-state index contributed by atoms with van der Waals surface area (Å²) in [5.41, 5.74) is 6.56. The van der Waals surface area contributed by atoms with Crippen molar-refractivity contribution in [1.82, 2.24) is 10.3 Å². The Morgan fingerprint density at radius 2 is 2.32 bits per heavy atom. The van der Waals surface area contributed by atoms with Crippen molar-refractivity contribution in [2.24, 2.45) is 5.73 Å². The zero-order chi connectivity index (χ0) is 13.7. The first-order valence-corrected chi connectivity index (χ1v) is 6.24. The van der Waals surface area contributed by atoms with E-state index in [-0.39, 0.29) is 11.6 Å². The van der Waals surface area contributed by atoms with Crippen LogP contribution in [-0.2, 0) is 13.0 Å². The van der Waals surface area contributed by atoms with Crippen LogP contribution in [0.4, 0.5) is 0 Å². The molecule has 1 aromatic heterocycles. The van der Waals surface area contributed by atoms with Gasteiger partial charge in [0.15, 0.2) is 11.6 Å². The third kappa shape index (κ3) is 3.81. The van der Waals surface area contributed by atoms with Crippen molar-refractivity contribution in [3.8, 4) is 0 Å². The predicted octanol–water partition coefficient (Wildman–Crippen LogP) is 1.76. The number of nitrogens with zero attached hydrogens (tertiary/aromatic N) is 1. The minimum atomic E-state index is -0.285. The van der Waals surface area contributed by atoms with E-state index in [0.717, 1.165) is 5.56 Å². The Morgan fingerprint density at radius 3 is 3.05 bits per heavy atom. The summed E-state index contributed by atoms with van der Waals surface area (Å²) >= 11 is 5.86. The van der Waals surface area contributed by atoms with Crippen LogP contribution in [0.2, 0.25) is 5.02 Å². The lowest BCUT2D eigenvalue weighted by Crippen LogP contribution is -2.23. The molecule has 0 bridgehead atoms. The van der Waals surface area contributed by atoms with Crippen molar-refractivity contribution in [2.45, 2.75) is 13.0 Å². The van der Waals surface area contributed by atoms with Crippen molar-refractivity contribution in [3.05, 3.63) is 52.7 Å². The van der Waals surface area contributed by atoms with Crippen LogP contribution in [0, 0.1) is 0 Å². The normalized spacial score (nSPS) is 10.4. The topological polar surface area (TPSA) is 81.1 Å². The SMILES string of the molecule is NCCc1nc(C(=O)NCc2cccc(Cl)c2)co1. The van der Waals surface area contributed by atoms with Gasteiger partial charge in [0.2, 0.25) is 0 Å². The van der Waals surface area contributed by atoms with Gasteiger partial charge >= 0.3 is 0 Å². The summed E-state index contributed by atoms with van der Waals surface area (Å²) in [5, 5.41) is 3.38. The average Bonchev–Trinajstić information content (AvgIpc) is 2.85. The van der Waals surface area contributed by atoms with Crippen molar-refractivity contribution >= 4 is 17.5 Å². The van der Waals surface area contributed by atoms with Crippen LogP contribution in [0.3, 0.4) is 0 Å². The Hall–Kier alpha value is -1.85. The zero-order valence-electron chi connectivity index (χ0n) is 10.2. The van der Waals surface area contributed by atoms with Crippen LogP contribution in [-0.4, -0.2) is 17.4 Å². The summed E-state index contributed by atoms with van der Waals surface area (Å²) in [6, 6.07) is 7.29. The first-order valence-electron chi connectivity index (χ1n) is 5.86. The highest BCUT2D eigenvalue weighted by Crippen LogP contribution is 2.10. The van der Waals surface area contributed by atoms with E-state index >= 15 is 0 Å². The second kappa shape index (κ2) is 6.36. The van der Waals surface area contributed by atoms with Gasteiger partial charge in [-0.25, -0.2) is 4.98 Å². The van der Waals surface area contributed by atoms with Crippen molar-refractivity contribution in [3.63, 3.8) is 0 Å². The Morgan fingerprint density at radius 1 is 1.47 bits per heavy atom. The van der Waals surface area contributed by atoms with Gasteiger partial charge in [0.1, 0.15) is 6.26 Å². The molecule has 0 saturated carbocycles. The van der Waals surface area contributed by atoms with Gasteiger partial charge in [-0.15, -0.1) is 0 Å². The number of carbonyl (C=O) groups is 1. The van der Waals surface area contributed by atoms with E-state index in [1.807, 2.05) is 12.1 Å². The van der Waals surface area contributed by atoms with Crippen LogP contribution in [0.15, 0.2) is 34.9 Å². The maximum atomic E-state index is 11.8.